The molecule has 3 nitrogen and oxygen atoms in total. The molecule has 0 N–H and O–H groups in total. The van der Waals surface area contributed by atoms with E-state index in [0.717, 1.165) is 5.56 Å². The predicted octanol–water partition coefficient (Wildman–Crippen LogP) is 1.98. The fourth-order valence-electron chi connectivity index (χ4n) is 1.67. The van der Waals surface area contributed by atoms with Crippen molar-refractivity contribution in [2.45, 2.75) is 26.4 Å². The van der Waals surface area contributed by atoms with Crippen LogP contribution in [0, 0.1) is 5.92 Å². The van der Waals surface area contributed by atoms with E-state index in [9.17, 15) is 4.79 Å². The van der Waals surface area contributed by atoms with Crippen LogP contribution in [0.2, 0.25) is 0 Å². The van der Waals surface area contributed by atoms with E-state index in [1.807, 2.05) is 44.2 Å². The van der Waals surface area contributed by atoms with Crippen LogP contribution < -0.4 is 0 Å². The van der Waals surface area contributed by atoms with Gasteiger partial charge in [0.2, 0.25) is 0 Å². The highest BCUT2D eigenvalue weighted by Crippen LogP contribution is 2.23. The van der Waals surface area contributed by atoms with Crippen LogP contribution in [0.15, 0.2) is 30.3 Å². The Kier molecular flexibility index (Phi) is 2.73. The number of hydrogen-bond donors (Lipinski definition) is 0. The van der Waals surface area contributed by atoms with Gasteiger partial charge < -0.3 is 4.84 Å². The van der Waals surface area contributed by atoms with Gasteiger partial charge in [0.05, 0.1) is 18.5 Å². The smallest absolute Gasteiger partial charge is 0.329 e. The molecule has 0 spiro atoms. The van der Waals surface area contributed by atoms with Crippen molar-refractivity contribution in [3.05, 3.63) is 35.9 Å². The van der Waals surface area contributed by atoms with E-state index in [4.69, 9.17) is 4.84 Å². The van der Waals surface area contributed by atoms with Crippen LogP contribution in [0.5, 0.6) is 0 Å². The Morgan fingerprint density at radius 1 is 1.27 bits per heavy atom. The van der Waals surface area contributed by atoms with Gasteiger partial charge in [-0.2, -0.15) is 0 Å². The number of carbonyl (C=O) groups excluding carboxylic acids is 1. The van der Waals surface area contributed by atoms with Crippen molar-refractivity contribution in [3.63, 3.8) is 0 Å². The summed E-state index contributed by atoms with van der Waals surface area (Å²) >= 11 is 0. The number of rotatable bonds is 2. The van der Waals surface area contributed by atoms with E-state index in [1.54, 1.807) is 5.06 Å². The van der Waals surface area contributed by atoms with Gasteiger partial charge in [0.15, 0.2) is 0 Å². The lowest BCUT2D eigenvalue weighted by molar-refractivity contribution is -0.177. The van der Waals surface area contributed by atoms with Crippen molar-refractivity contribution in [2.24, 2.45) is 5.92 Å². The Morgan fingerprint density at radius 2 is 1.93 bits per heavy atom. The molecule has 0 aromatic heterocycles. The van der Waals surface area contributed by atoms with Crippen LogP contribution in [0.25, 0.3) is 0 Å². The number of nitrogens with zero attached hydrogens (tertiary/aromatic N) is 1. The van der Waals surface area contributed by atoms with Gasteiger partial charge in [-0.1, -0.05) is 37.3 Å². The van der Waals surface area contributed by atoms with E-state index in [2.05, 4.69) is 0 Å². The van der Waals surface area contributed by atoms with Crippen LogP contribution in [0.3, 0.4) is 0 Å². The molecular weight excluding hydrogens is 190 g/mol. The minimum atomic E-state index is -0.126. The number of hydrogen-bond acceptors (Lipinski definition) is 3. The summed E-state index contributed by atoms with van der Waals surface area (Å²) < 4.78 is 0. The van der Waals surface area contributed by atoms with Gasteiger partial charge in [-0.15, -0.1) is 5.06 Å². The summed E-state index contributed by atoms with van der Waals surface area (Å²) in [6.45, 7) is 4.58. The maximum atomic E-state index is 11.3. The first-order valence-electron chi connectivity index (χ1n) is 5.21. The zero-order valence-corrected chi connectivity index (χ0v) is 9.01. The normalized spacial score (nSPS) is 26.7. The standard InChI is InChI=1S/C12H15NO2/c1-9-10(2)13(15-12(9)14)8-11-6-4-3-5-7-11/h3-7,9-10H,8H2,1-2H3/t9-,10-/m1/s1. The lowest BCUT2D eigenvalue weighted by Crippen LogP contribution is -2.27. The topological polar surface area (TPSA) is 29.5 Å². The monoisotopic (exact) mass is 205 g/mol. The summed E-state index contributed by atoms with van der Waals surface area (Å²) in [4.78, 5) is 16.5. The summed E-state index contributed by atoms with van der Waals surface area (Å²) in [5.74, 6) is -0.160. The molecule has 0 amide bonds. The van der Waals surface area contributed by atoms with E-state index in [-0.39, 0.29) is 17.9 Å². The lowest BCUT2D eigenvalue weighted by Gasteiger charge is -2.18. The van der Waals surface area contributed by atoms with E-state index in [1.165, 1.54) is 0 Å². The third-order valence-corrected chi connectivity index (χ3v) is 2.94. The van der Waals surface area contributed by atoms with Gasteiger partial charge in [0.25, 0.3) is 0 Å². The van der Waals surface area contributed by atoms with Crippen LogP contribution in [-0.2, 0) is 16.2 Å². The molecule has 1 heterocycles. The van der Waals surface area contributed by atoms with Crippen molar-refractivity contribution in [1.29, 1.82) is 0 Å². The lowest BCUT2D eigenvalue weighted by atomic mass is 10.1. The summed E-state index contributed by atoms with van der Waals surface area (Å²) in [6, 6.07) is 10.2. The highest BCUT2D eigenvalue weighted by molar-refractivity contribution is 5.74. The molecule has 0 saturated carbocycles. The Hall–Kier alpha value is -1.35. The van der Waals surface area contributed by atoms with Crippen molar-refractivity contribution >= 4 is 5.97 Å². The van der Waals surface area contributed by atoms with Gasteiger partial charge in [-0.3, -0.25) is 0 Å². The van der Waals surface area contributed by atoms with Crippen molar-refractivity contribution in [1.82, 2.24) is 5.06 Å². The molecule has 1 fully saturated rings. The van der Waals surface area contributed by atoms with Gasteiger partial charge in [0.1, 0.15) is 0 Å². The van der Waals surface area contributed by atoms with Gasteiger partial charge >= 0.3 is 5.97 Å². The van der Waals surface area contributed by atoms with Crippen molar-refractivity contribution in [3.8, 4) is 0 Å². The van der Waals surface area contributed by atoms with Crippen LogP contribution in [0.4, 0.5) is 0 Å². The average Bonchev–Trinajstić information content (AvgIpc) is 2.48. The van der Waals surface area contributed by atoms with Gasteiger partial charge in [-0.05, 0) is 12.5 Å². The second-order valence-electron chi connectivity index (χ2n) is 4.00. The number of carbonyl (C=O) groups is 1. The van der Waals surface area contributed by atoms with Crippen LogP contribution in [0.1, 0.15) is 19.4 Å². The van der Waals surface area contributed by atoms with E-state index < -0.39 is 0 Å². The molecule has 2 atom stereocenters. The molecule has 80 valence electrons. The second kappa shape index (κ2) is 4.03. The fourth-order valence-corrected chi connectivity index (χ4v) is 1.67. The summed E-state index contributed by atoms with van der Waals surface area (Å²) in [6.07, 6.45) is 0. The van der Waals surface area contributed by atoms with Crippen LogP contribution >= 0.6 is 0 Å². The first-order chi connectivity index (χ1) is 7.18. The van der Waals surface area contributed by atoms with Gasteiger partial charge in [0, 0.05) is 0 Å². The molecule has 1 aromatic rings. The molecule has 1 saturated heterocycles. The molecule has 1 aliphatic rings. The molecule has 1 aromatic carbocycles. The Labute approximate surface area is 89.6 Å². The third-order valence-electron chi connectivity index (χ3n) is 2.94. The Morgan fingerprint density at radius 3 is 2.47 bits per heavy atom. The Bertz CT molecular complexity index is 350. The summed E-state index contributed by atoms with van der Waals surface area (Å²) in [5.41, 5.74) is 1.16. The highest BCUT2D eigenvalue weighted by atomic mass is 16.7. The number of benzene rings is 1. The molecule has 0 bridgehead atoms. The molecule has 0 unspecified atom stereocenters. The zero-order chi connectivity index (χ0) is 10.8. The molecule has 1 aliphatic heterocycles. The molecule has 15 heavy (non-hydrogen) atoms. The third kappa shape index (κ3) is 2.02. The minimum absolute atomic E-state index is 0.0336. The molecule has 3 heteroatoms. The summed E-state index contributed by atoms with van der Waals surface area (Å²) in [5, 5.41) is 1.75. The highest BCUT2D eigenvalue weighted by Gasteiger charge is 2.36. The maximum Gasteiger partial charge on any atom is 0.329 e. The number of hydroxylamine groups is 2. The van der Waals surface area contributed by atoms with Crippen molar-refractivity contribution < 1.29 is 9.63 Å². The average molecular weight is 205 g/mol. The van der Waals surface area contributed by atoms with E-state index in [0.29, 0.717) is 6.54 Å². The molecule has 0 radical (unpaired) electrons. The maximum absolute atomic E-state index is 11.3. The Balaban J connectivity index is 2.05. The molecular formula is C12H15NO2. The predicted molar refractivity (Wildman–Crippen MR) is 56.7 cm³/mol. The fraction of sp³-hybridized carbons (Fsp3) is 0.417. The first kappa shape index (κ1) is 10.2. The van der Waals surface area contributed by atoms with Crippen molar-refractivity contribution in [2.75, 3.05) is 0 Å². The zero-order valence-electron chi connectivity index (χ0n) is 9.01. The largest absolute Gasteiger partial charge is 0.367 e. The van der Waals surface area contributed by atoms with Crippen LogP contribution in [-0.4, -0.2) is 17.1 Å². The summed E-state index contributed by atoms with van der Waals surface area (Å²) in [7, 11) is 0. The minimum Gasteiger partial charge on any atom is -0.367 e. The van der Waals surface area contributed by atoms with E-state index >= 15 is 0 Å². The second-order valence-corrected chi connectivity index (χ2v) is 4.00. The SMILES string of the molecule is C[C@@H]1[C@@H](C)C(=O)ON1Cc1ccccc1. The molecule has 0 aliphatic carbocycles. The molecule has 2 rings (SSSR count). The quantitative estimate of drug-likeness (QED) is 0.739. The first-order valence-corrected chi connectivity index (χ1v) is 5.21. The van der Waals surface area contributed by atoms with Gasteiger partial charge in [-0.25, -0.2) is 4.79 Å².